The van der Waals surface area contributed by atoms with Gasteiger partial charge in [-0.3, -0.25) is 0 Å². The summed E-state index contributed by atoms with van der Waals surface area (Å²) in [5.41, 5.74) is 7.70. The van der Waals surface area contributed by atoms with Crippen molar-refractivity contribution in [3.8, 4) is 11.4 Å². The molecule has 2 aromatic rings. The normalized spacial score (nSPS) is 14.8. The van der Waals surface area contributed by atoms with Gasteiger partial charge >= 0.3 is 0 Å². The van der Waals surface area contributed by atoms with E-state index in [4.69, 9.17) is 4.98 Å². The Morgan fingerprint density at radius 3 is 2.40 bits per heavy atom. The number of imidazole rings is 1. The first-order valence-corrected chi connectivity index (χ1v) is 7.41. The van der Waals surface area contributed by atoms with Crippen LogP contribution in [0.25, 0.3) is 11.4 Å². The molecule has 0 unspecified atom stereocenters. The number of aromatic amines is 1. The molecule has 1 aliphatic rings. The highest BCUT2D eigenvalue weighted by Gasteiger charge is 2.29. The molecule has 20 heavy (non-hydrogen) atoms. The molecule has 1 fully saturated rings. The van der Waals surface area contributed by atoms with Crippen LogP contribution in [0.2, 0.25) is 0 Å². The van der Waals surface area contributed by atoms with Gasteiger partial charge in [0, 0.05) is 18.0 Å². The van der Waals surface area contributed by atoms with E-state index in [0.29, 0.717) is 5.92 Å². The second kappa shape index (κ2) is 5.06. The van der Waals surface area contributed by atoms with Crippen LogP contribution >= 0.6 is 0 Å². The van der Waals surface area contributed by atoms with E-state index in [2.05, 4.69) is 43.2 Å². The van der Waals surface area contributed by atoms with Crippen LogP contribution in [0, 0.1) is 20.8 Å². The first-order chi connectivity index (χ1) is 9.60. The van der Waals surface area contributed by atoms with Crippen molar-refractivity contribution in [3.63, 3.8) is 0 Å². The fraction of sp³-hybridized carbons (Fsp3) is 0.471. The fourth-order valence-electron chi connectivity index (χ4n) is 3.10. The van der Waals surface area contributed by atoms with Gasteiger partial charge < -0.3 is 10.3 Å². The van der Waals surface area contributed by atoms with Crippen molar-refractivity contribution in [1.29, 1.82) is 0 Å². The summed E-state index contributed by atoms with van der Waals surface area (Å²) in [4.78, 5) is 8.46. The second-order valence-electron chi connectivity index (χ2n) is 6.03. The second-order valence-corrected chi connectivity index (χ2v) is 6.03. The molecule has 0 bridgehead atoms. The Morgan fingerprint density at radius 1 is 1.20 bits per heavy atom. The molecule has 3 rings (SSSR count). The zero-order chi connectivity index (χ0) is 14.3. The van der Waals surface area contributed by atoms with Gasteiger partial charge in [0.1, 0.15) is 5.82 Å². The lowest BCUT2D eigenvalue weighted by molar-refractivity contribution is 0.782. The standard InChI is InChI=1S/C17H23N3/c1-10-7-11(2)15(12(3)8-10)17-19-14(9-18-4)16(20-17)13-5-6-13/h7-8,13,18H,5-6,9H2,1-4H3,(H,19,20). The smallest absolute Gasteiger partial charge is 0.138 e. The minimum atomic E-state index is 0.675. The predicted molar refractivity (Wildman–Crippen MR) is 83.0 cm³/mol. The van der Waals surface area contributed by atoms with Crippen LogP contribution in [-0.2, 0) is 6.54 Å². The van der Waals surface area contributed by atoms with Gasteiger partial charge in [-0.2, -0.15) is 0 Å². The van der Waals surface area contributed by atoms with Gasteiger partial charge in [0.15, 0.2) is 0 Å². The molecule has 1 aliphatic carbocycles. The van der Waals surface area contributed by atoms with E-state index in [9.17, 15) is 0 Å². The molecule has 106 valence electrons. The molecule has 0 atom stereocenters. The quantitative estimate of drug-likeness (QED) is 0.890. The molecule has 0 amide bonds. The molecule has 0 aliphatic heterocycles. The number of aryl methyl sites for hydroxylation is 3. The van der Waals surface area contributed by atoms with E-state index in [1.54, 1.807) is 0 Å². The Hall–Kier alpha value is -1.61. The summed E-state index contributed by atoms with van der Waals surface area (Å²) < 4.78 is 0. The minimum absolute atomic E-state index is 0.675. The summed E-state index contributed by atoms with van der Waals surface area (Å²) >= 11 is 0. The maximum atomic E-state index is 4.92. The summed E-state index contributed by atoms with van der Waals surface area (Å²) in [6, 6.07) is 4.47. The number of rotatable bonds is 4. The van der Waals surface area contributed by atoms with Gasteiger partial charge in [-0.25, -0.2) is 4.98 Å². The van der Waals surface area contributed by atoms with Crippen molar-refractivity contribution in [2.45, 2.75) is 46.1 Å². The Balaban J connectivity index is 2.08. The summed E-state index contributed by atoms with van der Waals surface area (Å²) in [5.74, 6) is 1.71. The van der Waals surface area contributed by atoms with Crippen molar-refractivity contribution in [2.75, 3.05) is 7.05 Å². The van der Waals surface area contributed by atoms with Crippen molar-refractivity contribution >= 4 is 0 Å². The van der Waals surface area contributed by atoms with Gasteiger partial charge in [0.2, 0.25) is 0 Å². The van der Waals surface area contributed by atoms with Gasteiger partial charge in [-0.15, -0.1) is 0 Å². The molecule has 1 heterocycles. The highest BCUT2D eigenvalue weighted by Crippen LogP contribution is 2.42. The number of nitrogens with zero attached hydrogens (tertiary/aromatic N) is 1. The number of nitrogens with one attached hydrogen (secondary N) is 2. The lowest BCUT2D eigenvalue weighted by Gasteiger charge is -2.08. The third-order valence-electron chi connectivity index (χ3n) is 4.04. The molecule has 0 radical (unpaired) electrons. The average Bonchev–Trinajstić information content (AvgIpc) is 3.12. The van der Waals surface area contributed by atoms with E-state index in [0.717, 1.165) is 12.4 Å². The van der Waals surface area contributed by atoms with Crippen molar-refractivity contribution in [1.82, 2.24) is 15.3 Å². The number of hydrogen-bond donors (Lipinski definition) is 2. The van der Waals surface area contributed by atoms with Gasteiger partial charge in [0.05, 0.1) is 11.4 Å². The minimum Gasteiger partial charge on any atom is -0.341 e. The number of aromatic nitrogens is 2. The third kappa shape index (κ3) is 2.38. The SMILES string of the molecule is CNCc1[nH]c(-c2c(C)cc(C)cc2C)nc1C1CC1. The van der Waals surface area contributed by atoms with Crippen LogP contribution in [0.1, 0.15) is 46.8 Å². The largest absolute Gasteiger partial charge is 0.341 e. The van der Waals surface area contributed by atoms with Gasteiger partial charge in [0.25, 0.3) is 0 Å². The molecule has 1 aromatic heterocycles. The highest BCUT2D eigenvalue weighted by molar-refractivity contribution is 5.66. The maximum absolute atomic E-state index is 4.92. The number of benzene rings is 1. The van der Waals surface area contributed by atoms with E-state index in [1.807, 2.05) is 7.05 Å². The molecule has 0 saturated heterocycles. The maximum Gasteiger partial charge on any atom is 0.138 e. The lowest BCUT2D eigenvalue weighted by atomic mass is 9.99. The zero-order valence-electron chi connectivity index (χ0n) is 12.8. The summed E-state index contributed by atoms with van der Waals surface area (Å²) in [5, 5.41) is 3.24. The van der Waals surface area contributed by atoms with Crippen LogP contribution in [0.4, 0.5) is 0 Å². The summed E-state index contributed by atoms with van der Waals surface area (Å²) in [6.07, 6.45) is 2.57. The lowest BCUT2D eigenvalue weighted by Crippen LogP contribution is -2.07. The van der Waals surface area contributed by atoms with E-state index >= 15 is 0 Å². The fourth-order valence-corrected chi connectivity index (χ4v) is 3.10. The first kappa shape index (κ1) is 13.4. The van der Waals surface area contributed by atoms with Gasteiger partial charge in [-0.1, -0.05) is 17.7 Å². The van der Waals surface area contributed by atoms with Crippen LogP contribution in [0.15, 0.2) is 12.1 Å². The molecule has 2 N–H and O–H groups in total. The molecular weight excluding hydrogens is 246 g/mol. The third-order valence-corrected chi connectivity index (χ3v) is 4.04. The zero-order valence-corrected chi connectivity index (χ0v) is 12.8. The average molecular weight is 269 g/mol. The topological polar surface area (TPSA) is 40.7 Å². The number of H-pyrrole nitrogens is 1. The van der Waals surface area contributed by atoms with Crippen LogP contribution in [-0.4, -0.2) is 17.0 Å². The van der Waals surface area contributed by atoms with Gasteiger partial charge in [-0.05, 0) is 51.8 Å². The summed E-state index contributed by atoms with van der Waals surface area (Å²) in [6.45, 7) is 7.36. The van der Waals surface area contributed by atoms with E-state index < -0.39 is 0 Å². The molecule has 1 aromatic carbocycles. The van der Waals surface area contributed by atoms with Crippen LogP contribution < -0.4 is 5.32 Å². The number of hydrogen-bond acceptors (Lipinski definition) is 2. The van der Waals surface area contributed by atoms with Crippen molar-refractivity contribution in [2.24, 2.45) is 0 Å². The van der Waals surface area contributed by atoms with E-state index in [-0.39, 0.29) is 0 Å². The predicted octanol–water partition coefficient (Wildman–Crippen LogP) is 3.60. The first-order valence-electron chi connectivity index (χ1n) is 7.41. The Morgan fingerprint density at radius 2 is 1.85 bits per heavy atom. The molecular formula is C17H23N3. The van der Waals surface area contributed by atoms with Crippen LogP contribution in [0.3, 0.4) is 0 Å². The molecule has 3 nitrogen and oxygen atoms in total. The summed E-state index contributed by atoms with van der Waals surface area (Å²) in [7, 11) is 1.99. The van der Waals surface area contributed by atoms with Crippen LogP contribution in [0.5, 0.6) is 0 Å². The highest BCUT2D eigenvalue weighted by atomic mass is 15.0. The Bertz CT molecular complexity index is 613. The Labute approximate surface area is 120 Å². The monoisotopic (exact) mass is 269 g/mol. The Kier molecular flexibility index (Phi) is 3.38. The van der Waals surface area contributed by atoms with Crippen molar-refractivity contribution < 1.29 is 0 Å². The molecule has 1 saturated carbocycles. The molecule has 3 heteroatoms. The van der Waals surface area contributed by atoms with Crippen molar-refractivity contribution in [3.05, 3.63) is 40.2 Å². The molecule has 0 spiro atoms. The van der Waals surface area contributed by atoms with E-state index in [1.165, 1.54) is 46.5 Å².